The molecule has 4 heteroatoms. The molecule has 0 spiro atoms. The minimum Gasteiger partial charge on any atom is -0.383 e. The lowest BCUT2D eigenvalue weighted by Crippen LogP contribution is -2.32. The SMILES string of the molecule is COCCn1cnnc1C(C1CCC1)C1CCC1. The lowest BCUT2D eigenvalue weighted by molar-refractivity contribution is 0.136. The topological polar surface area (TPSA) is 39.9 Å². The molecule has 18 heavy (non-hydrogen) atoms. The standard InChI is InChI=1S/C14H23N3O/c1-18-9-8-17-10-15-16-14(17)13(11-4-2-5-11)12-6-3-7-12/h10-13H,2-9H2,1H3. The fourth-order valence-electron chi connectivity index (χ4n) is 3.29. The molecule has 0 aliphatic heterocycles. The van der Waals surface area contributed by atoms with E-state index in [1.807, 2.05) is 6.33 Å². The molecule has 0 saturated heterocycles. The summed E-state index contributed by atoms with van der Waals surface area (Å²) in [7, 11) is 1.75. The Morgan fingerprint density at radius 1 is 1.28 bits per heavy atom. The third-order valence-corrected chi connectivity index (χ3v) is 4.80. The van der Waals surface area contributed by atoms with Crippen molar-refractivity contribution in [3.05, 3.63) is 12.2 Å². The number of aromatic nitrogens is 3. The second kappa shape index (κ2) is 5.39. The smallest absolute Gasteiger partial charge is 0.136 e. The van der Waals surface area contributed by atoms with Crippen molar-refractivity contribution in [3.63, 3.8) is 0 Å². The van der Waals surface area contributed by atoms with Gasteiger partial charge in [0.1, 0.15) is 12.2 Å². The van der Waals surface area contributed by atoms with Gasteiger partial charge >= 0.3 is 0 Å². The van der Waals surface area contributed by atoms with E-state index < -0.39 is 0 Å². The summed E-state index contributed by atoms with van der Waals surface area (Å²) >= 11 is 0. The first-order valence-electron chi connectivity index (χ1n) is 7.27. The molecule has 0 radical (unpaired) electrons. The van der Waals surface area contributed by atoms with Crippen LogP contribution in [0.25, 0.3) is 0 Å². The van der Waals surface area contributed by atoms with Gasteiger partial charge in [-0.25, -0.2) is 0 Å². The molecule has 100 valence electrons. The Morgan fingerprint density at radius 2 is 1.94 bits per heavy atom. The van der Waals surface area contributed by atoms with Gasteiger partial charge in [0, 0.05) is 19.6 Å². The summed E-state index contributed by atoms with van der Waals surface area (Å²) in [4.78, 5) is 0. The first kappa shape index (κ1) is 12.2. The Morgan fingerprint density at radius 3 is 2.44 bits per heavy atom. The summed E-state index contributed by atoms with van der Waals surface area (Å²) in [6.07, 6.45) is 10.2. The van der Waals surface area contributed by atoms with Crippen molar-refractivity contribution < 1.29 is 4.74 Å². The molecule has 2 saturated carbocycles. The van der Waals surface area contributed by atoms with E-state index in [2.05, 4.69) is 14.8 Å². The summed E-state index contributed by atoms with van der Waals surface area (Å²) in [5.41, 5.74) is 0. The lowest BCUT2D eigenvalue weighted by atomic mass is 9.64. The van der Waals surface area contributed by atoms with Crippen molar-refractivity contribution in [2.75, 3.05) is 13.7 Å². The van der Waals surface area contributed by atoms with E-state index in [0.717, 1.165) is 25.0 Å². The maximum atomic E-state index is 5.18. The van der Waals surface area contributed by atoms with Crippen molar-refractivity contribution in [2.24, 2.45) is 11.8 Å². The average Bonchev–Trinajstić information content (AvgIpc) is 2.68. The number of hydrogen-bond acceptors (Lipinski definition) is 3. The quantitative estimate of drug-likeness (QED) is 0.778. The van der Waals surface area contributed by atoms with E-state index >= 15 is 0 Å². The summed E-state index contributed by atoms with van der Waals surface area (Å²) in [5, 5.41) is 8.57. The summed E-state index contributed by atoms with van der Waals surface area (Å²) in [5.74, 6) is 3.61. The Hall–Kier alpha value is -0.900. The fourth-order valence-corrected chi connectivity index (χ4v) is 3.29. The van der Waals surface area contributed by atoms with Crippen molar-refractivity contribution in [1.29, 1.82) is 0 Å². The predicted molar refractivity (Wildman–Crippen MR) is 69.3 cm³/mol. The van der Waals surface area contributed by atoms with Crippen molar-refractivity contribution in [2.45, 2.75) is 51.0 Å². The van der Waals surface area contributed by atoms with Crippen LogP contribution in [0.4, 0.5) is 0 Å². The highest BCUT2D eigenvalue weighted by molar-refractivity contribution is 5.06. The molecule has 3 rings (SSSR count). The van der Waals surface area contributed by atoms with Crippen LogP contribution in [-0.4, -0.2) is 28.5 Å². The third kappa shape index (κ3) is 2.18. The van der Waals surface area contributed by atoms with E-state index in [0.29, 0.717) is 5.92 Å². The van der Waals surface area contributed by atoms with Gasteiger partial charge in [-0.05, 0) is 37.5 Å². The molecule has 2 fully saturated rings. The van der Waals surface area contributed by atoms with Crippen LogP contribution in [0.5, 0.6) is 0 Å². The normalized spacial score (nSPS) is 21.0. The Kier molecular flexibility index (Phi) is 3.64. The van der Waals surface area contributed by atoms with Gasteiger partial charge in [0.15, 0.2) is 0 Å². The van der Waals surface area contributed by atoms with E-state index in [-0.39, 0.29) is 0 Å². The predicted octanol–water partition coefficient (Wildman–Crippen LogP) is 2.61. The summed E-state index contributed by atoms with van der Waals surface area (Å²) in [6.45, 7) is 1.63. The van der Waals surface area contributed by atoms with Crippen LogP contribution in [0.15, 0.2) is 6.33 Å². The molecule has 2 aliphatic rings. The highest BCUT2D eigenvalue weighted by atomic mass is 16.5. The van der Waals surface area contributed by atoms with Crippen LogP contribution in [0, 0.1) is 11.8 Å². The van der Waals surface area contributed by atoms with Crippen LogP contribution >= 0.6 is 0 Å². The van der Waals surface area contributed by atoms with Gasteiger partial charge in [-0.15, -0.1) is 10.2 Å². The zero-order chi connectivity index (χ0) is 12.4. The Balaban J connectivity index is 1.77. The van der Waals surface area contributed by atoms with E-state index in [9.17, 15) is 0 Å². The first-order valence-corrected chi connectivity index (χ1v) is 7.27. The fraction of sp³-hybridized carbons (Fsp3) is 0.857. The van der Waals surface area contributed by atoms with Crippen LogP contribution in [0.3, 0.4) is 0 Å². The molecule has 4 nitrogen and oxygen atoms in total. The van der Waals surface area contributed by atoms with Gasteiger partial charge in [0.2, 0.25) is 0 Å². The number of hydrogen-bond donors (Lipinski definition) is 0. The second-order valence-electron chi connectivity index (χ2n) is 5.78. The minimum absolute atomic E-state index is 0.659. The van der Waals surface area contributed by atoms with E-state index in [4.69, 9.17) is 4.74 Å². The molecule has 0 amide bonds. The monoisotopic (exact) mass is 249 g/mol. The molecule has 1 heterocycles. The van der Waals surface area contributed by atoms with Crippen molar-refractivity contribution in [1.82, 2.24) is 14.8 Å². The van der Waals surface area contributed by atoms with Gasteiger partial charge in [0.05, 0.1) is 6.61 Å². The second-order valence-corrected chi connectivity index (χ2v) is 5.78. The minimum atomic E-state index is 0.659. The van der Waals surface area contributed by atoms with Crippen LogP contribution in [0.1, 0.15) is 50.3 Å². The van der Waals surface area contributed by atoms with E-state index in [1.54, 1.807) is 7.11 Å². The van der Waals surface area contributed by atoms with Crippen LogP contribution < -0.4 is 0 Å². The molecule has 1 aromatic rings. The van der Waals surface area contributed by atoms with Gasteiger partial charge in [0.25, 0.3) is 0 Å². The maximum absolute atomic E-state index is 5.18. The highest BCUT2D eigenvalue weighted by Gasteiger charge is 2.39. The Bertz CT molecular complexity index is 368. The van der Waals surface area contributed by atoms with Crippen molar-refractivity contribution >= 4 is 0 Å². The number of methoxy groups -OCH3 is 1. The molecular weight excluding hydrogens is 226 g/mol. The molecule has 0 bridgehead atoms. The zero-order valence-corrected chi connectivity index (χ0v) is 11.2. The average molecular weight is 249 g/mol. The van der Waals surface area contributed by atoms with Crippen LogP contribution in [0.2, 0.25) is 0 Å². The largest absolute Gasteiger partial charge is 0.383 e. The van der Waals surface area contributed by atoms with Gasteiger partial charge in [-0.3, -0.25) is 0 Å². The van der Waals surface area contributed by atoms with E-state index in [1.165, 1.54) is 44.3 Å². The maximum Gasteiger partial charge on any atom is 0.136 e. The molecule has 0 atom stereocenters. The zero-order valence-electron chi connectivity index (χ0n) is 11.2. The number of rotatable bonds is 6. The molecular formula is C14H23N3O. The van der Waals surface area contributed by atoms with Crippen molar-refractivity contribution in [3.8, 4) is 0 Å². The third-order valence-electron chi connectivity index (χ3n) is 4.80. The molecule has 0 N–H and O–H groups in total. The lowest BCUT2D eigenvalue weighted by Gasteiger charge is -2.42. The molecule has 0 unspecified atom stereocenters. The molecule has 1 aromatic heterocycles. The Labute approximate surface area is 109 Å². The van der Waals surface area contributed by atoms with Gasteiger partial charge in [-0.2, -0.15) is 0 Å². The number of nitrogens with zero attached hydrogens (tertiary/aromatic N) is 3. The number of ether oxygens (including phenoxy) is 1. The highest BCUT2D eigenvalue weighted by Crippen LogP contribution is 2.49. The van der Waals surface area contributed by atoms with Gasteiger partial charge < -0.3 is 9.30 Å². The van der Waals surface area contributed by atoms with Crippen LogP contribution in [-0.2, 0) is 11.3 Å². The first-order chi connectivity index (χ1) is 8.90. The molecule has 2 aliphatic carbocycles. The summed E-state index contributed by atoms with van der Waals surface area (Å²) < 4.78 is 7.39. The summed E-state index contributed by atoms with van der Waals surface area (Å²) in [6, 6.07) is 0. The van der Waals surface area contributed by atoms with Gasteiger partial charge in [-0.1, -0.05) is 12.8 Å². The molecule has 0 aromatic carbocycles.